The van der Waals surface area contributed by atoms with Crippen molar-refractivity contribution in [2.24, 2.45) is 7.05 Å². The molecule has 4 heteroatoms. The Balaban J connectivity index is 2.12. The SMILES string of the molecule is Cn1nncc1C(=O)C=C1CCCCC1. The van der Waals surface area contributed by atoms with Gasteiger partial charge in [-0.3, -0.25) is 4.79 Å². The lowest BCUT2D eigenvalue weighted by atomic mass is 9.94. The number of hydrogen-bond donors (Lipinski definition) is 0. The van der Waals surface area contributed by atoms with E-state index in [4.69, 9.17) is 0 Å². The number of hydrogen-bond acceptors (Lipinski definition) is 3. The predicted molar refractivity (Wildman–Crippen MR) is 56.5 cm³/mol. The van der Waals surface area contributed by atoms with Crippen LogP contribution in [-0.4, -0.2) is 20.8 Å². The molecule has 1 saturated carbocycles. The molecular formula is C11H15N3O. The fourth-order valence-corrected chi connectivity index (χ4v) is 1.92. The average Bonchev–Trinajstić information content (AvgIpc) is 2.66. The van der Waals surface area contributed by atoms with Crippen molar-refractivity contribution in [3.05, 3.63) is 23.5 Å². The van der Waals surface area contributed by atoms with E-state index in [0.717, 1.165) is 12.8 Å². The van der Waals surface area contributed by atoms with Gasteiger partial charge in [-0.05, 0) is 31.8 Å². The number of carbonyl (C=O) groups excluding carboxylic acids is 1. The van der Waals surface area contributed by atoms with Gasteiger partial charge >= 0.3 is 0 Å². The molecule has 1 aliphatic carbocycles. The summed E-state index contributed by atoms with van der Waals surface area (Å²) in [4.78, 5) is 11.8. The minimum absolute atomic E-state index is 0.0272. The lowest BCUT2D eigenvalue weighted by molar-refractivity contribution is 0.103. The Hall–Kier alpha value is -1.45. The monoisotopic (exact) mass is 205 g/mol. The van der Waals surface area contributed by atoms with Gasteiger partial charge in [0.25, 0.3) is 0 Å². The molecule has 15 heavy (non-hydrogen) atoms. The van der Waals surface area contributed by atoms with Gasteiger partial charge in [0.1, 0.15) is 5.69 Å². The summed E-state index contributed by atoms with van der Waals surface area (Å²) >= 11 is 0. The van der Waals surface area contributed by atoms with Crippen molar-refractivity contribution < 1.29 is 4.79 Å². The maximum Gasteiger partial charge on any atom is 0.205 e. The lowest BCUT2D eigenvalue weighted by Crippen LogP contribution is -2.06. The molecule has 1 aliphatic rings. The van der Waals surface area contributed by atoms with Crippen LogP contribution >= 0.6 is 0 Å². The molecule has 0 aromatic carbocycles. The van der Waals surface area contributed by atoms with E-state index in [0.29, 0.717) is 5.69 Å². The molecule has 0 atom stereocenters. The molecule has 0 spiro atoms. The third-order valence-electron chi connectivity index (χ3n) is 2.80. The Kier molecular flexibility index (Phi) is 2.94. The molecule has 0 saturated heterocycles. The summed E-state index contributed by atoms with van der Waals surface area (Å²) in [6.07, 6.45) is 9.12. The summed E-state index contributed by atoms with van der Waals surface area (Å²) in [7, 11) is 1.74. The van der Waals surface area contributed by atoms with E-state index in [9.17, 15) is 4.79 Å². The number of nitrogens with zero attached hydrogens (tertiary/aromatic N) is 3. The molecule has 0 unspecified atom stereocenters. The van der Waals surface area contributed by atoms with Crippen LogP contribution in [0.25, 0.3) is 0 Å². The highest BCUT2D eigenvalue weighted by Crippen LogP contribution is 2.22. The van der Waals surface area contributed by atoms with Crippen molar-refractivity contribution >= 4 is 5.78 Å². The Morgan fingerprint density at radius 2 is 2.13 bits per heavy atom. The molecule has 0 radical (unpaired) electrons. The summed E-state index contributed by atoms with van der Waals surface area (Å²) < 4.78 is 1.52. The minimum atomic E-state index is 0.0272. The zero-order valence-corrected chi connectivity index (χ0v) is 8.94. The van der Waals surface area contributed by atoms with Crippen LogP contribution in [0.1, 0.15) is 42.6 Å². The van der Waals surface area contributed by atoms with Crippen molar-refractivity contribution in [2.45, 2.75) is 32.1 Å². The zero-order chi connectivity index (χ0) is 10.7. The van der Waals surface area contributed by atoms with E-state index in [1.165, 1.54) is 35.7 Å². The van der Waals surface area contributed by atoms with Crippen molar-refractivity contribution in [1.29, 1.82) is 0 Å². The molecule has 1 heterocycles. The van der Waals surface area contributed by atoms with Gasteiger partial charge in [-0.1, -0.05) is 17.2 Å². The molecule has 4 nitrogen and oxygen atoms in total. The number of aryl methyl sites for hydroxylation is 1. The average molecular weight is 205 g/mol. The number of rotatable bonds is 2. The molecule has 0 bridgehead atoms. The van der Waals surface area contributed by atoms with Gasteiger partial charge < -0.3 is 0 Å². The van der Waals surface area contributed by atoms with Crippen LogP contribution in [0.3, 0.4) is 0 Å². The van der Waals surface area contributed by atoms with Crippen LogP contribution in [0, 0.1) is 0 Å². The maximum atomic E-state index is 11.8. The Labute approximate surface area is 89.0 Å². The van der Waals surface area contributed by atoms with Crippen molar-refractivity contribution in [3.8, 4) is 0 Å². The van der Waals surface area contributed by atoms with E-state index in [1.54, 1.807) is 13.1 Å². The van der Waals surface area contributed by atoms with E-state index in [1.807, 2.05) is 0 Å². The molecule has 1 aromatic rings. The summed E-state index contributed by atoms with van der Waals surface area (Å²) in [5, 5.41) is 7.45. The van der Waals surface area contributed by atoms with E-state index in [-0.39, 0.29) is 5.78 Å². The second kappa shape index (κ2) is 4.38. The van der Waals surface area contributed by atoms with Gasteiger partial charge in [-0.2, -0.15) is 0 Å². The largest absolute Gasteiger partial charge is 0.287 e. The number of ketones is 1. The van der Waals surface area contributed by atoms with Gasteiger partial charge in [0.15, 0.2) is 0 Å². The van der Waals surface area contributed by atoms with Gasteiger partial charge in [0, 0.05) is 7.05 Å². The summed E-state index contributed by atoms with van der Waals surface area (Å²) in [5.41, 5.74) is 1.83. The molecule has 2 rings (SSSR count). The van der Waals surface area contributed by atoms with E-state index < -0.39 is 0 Å². The first-order valence-corrected chi connectivity index (χ1v) is 5.36. The second-order valence-electron chi connectivity index (χ2n) is 3.97. The smallest absolute Gasteiger partial charge is 0.205 e. The number of aromatic nitrogens is 3. The molecule has 0 N–H and O–H groups in total. The first kappa shape index (κ1) is 10.1. The Morgan fingerprint density at radius 1 is 1.40 bits per heavy atom. The zero-order valence-electron chi connectivity index (χ0n) is 8.94. The normalized spacial score (nSPS) is 16.5. The Bertz CT molecular complexity index is 384. The molecule has 1 fully saturated rings. The topological polar surface area (TPSA) is 47.8 Å². The highest BCUT2D eigenvalue weighted by Gasteiger charge is 2.11. The first-order chi connectivity index (χ1) is 7.27. The molecular weight excluding hydrogens is 190 g/mol. The quantitative estimate of drug-likeness (QED) is 0.547. The highest BCUT2D eigenvalue weighted by molar-refractivity contribution is 6.03. The van der Waals surface area contributed by atoms with Crippen LogP contribution in [0.15, 0.2) is 17.8 Å². The molecule has 1 aromatic heterocycles. The summed E-state index contributed by atoms with van der Waals surface area (Å²) in [6.45, 7) is 0. The van der Waals surface area contributed by atoms with Crippen LogP contribution < -0.4 is 0 Å². The molecule has 80 valence electrons. The fourth-order valence-electron chi connectivity index (χ4n) is 1.92. The van der Waals surface area contributed by atoms with Gasteiger partial charge in [0.05, 0.1) is 6.20 Å². The number of carbonyl (C=O) groups is 1. The van der Waals surface area contributed by atoms with Gasteiger partial charge in [0.2, 0.25) is 5.78 Å². The maximum absolute atomic E-state index is 11.8. The molecule has 0 amide bonds. The molecule has 0 aliphatic heterocycles. The van der Waals surface area contributed by atoms with Crippen LogP contribution in [-0.2, 0) is 7.05 Å². The standard InChI is InChI=1S/C11H15N3O/c1-14-10(8-12-13-14)11(15)7-9-5-3-2-4-6-9/h7-8H,2-6H2,1H3. The van der Waals surface area contributed by atoms with Crippen molar-refractivity contribution in [3.63, 3.8) is 0 Å². The van der Waals surface area contributed by atoms with E-state index >= 15 is 0 Å². The summed E-state index contributed by atoms with van der Waals surface area (Å²) in [5.74, 6) is 0.0272. The minimum Gasteiger partial charge on any atom is -0.287 e. The van der Waals surface area contributed by atoms with Crippen molar-refractivity contribution in [1.82, 2.24) is 15.0 Å². The van der Waals surface area contributed by atoms with Crippen LogP contribution in [0.4, 0.5) is 0 Å². The highest BCUT2D eigenvalue weighted by atomic mass is 16.1. The van der Waals surface area contributed by atoms with Crippen LogP contribution in [0.5, 0.6) is 0 Å². The first-order valence-electron chi connectivity index (χ1n) is 5.36. The van der Waals surface area contributed by atoms with Crippen LogP contribution in [0.2, 0.25) is 0 Å². The van der Waals surface area contributed by atoms with Gasteiger partial charge in [-0.15, -0.1) is 5.10 Å². The third-order valence-corrected chi connectivity index (χ3v) is 2.80. The van der Waals surface area contributed by atoms with Crippen molar-refractivity contribution in [2.75, 3.05) is 0 Å². The summed E-state index contributed by atoms with van der Waals surface area (Å²) in [6, 6.07) is 0. The van der Waals surface area contributed by atoms with Gasteiger partial charge in [-0.25, -0.2) is 4.68 Å². The second-order valence-corrected chi connectivity index (χ2v) is 3.97. The third kappa shape index (κ3) is 2.32. The van der Waals surface area contributed by atoms with E-state index in [2.05, 4.69) is 10.3 Å². The predicted octanol–water partition coefficient (Wildman–Crippen LogP) is 1.89. The Morgan fingerprint density at radius 3 is 2.73 bits per heavy atom. The lowest BCUT2D eigenvalue weighted by Gasteiger charge is -2.12. The number of allylic oxidation sites excluding steroid dienone is 2. The fraction of sp³-hybridized carbons (Fsp3) is 0.545.